The number of halogens is 3. The average molecular weight is 364 g/mol. The second kappa shape index (κ2) is 6.38. The highest BCUT2D eigenvalue weighted by Crippen LogP contribution is 2.44. The maximum Gasteiger partial charge on any atom is 0.126 e. The SMILES string of the molecule is Cc1scc(N2CC(C(c3cc(F)cc(F)c3)C(C)(C)F)C2)c1C#N. The highest BCUT2D eigenvalue weighted by atomic mass is 32.1. The van der Waals surface area contributed by atoms with Crippen LogP contribution in [0.15, 0.2) is 23.6 Å². The maximum atomic E-state index is 14.8. The van der Waals surface area contributed by atoms with Crippen molar-refractivity contribution < 1.29 is 13.2 Å². The van der Waals surface area contributed by atoms with Gasteiger partial charge in [-0.15, -0.1) is 11.3 Å². The van der Waals surface area contributed by atoms with Crippen LogP contribution in [-0.4, -0.2) is 18.8 Å². The molecule has 2 nitrogen and oxygen atoms in total. The highest BCUT2D eigenvalue weighted by Gasteiger charge is 2.43. The second-order valence-electron chi connectivity index (χ2n) is 7.07. The molecule has 1 atom stereocenters. The fraction of sp³-hybridized carbons (Fsp3) is 0.421. The molecule has 1 fully saturated rings. The van der Waals surface area contributed by atoms with Crippen molar-refractivity contribution in [3.63, 3.8) is 0 Å². The van der Waals surface area contributed by atoms with Crippen molar-refractivity contribution in [2.75, 3.05) is 18.0 Å². The lowest BCUT2D eigenvalue weighted by Crippen LogP contribution is -2.52. The molecule has 0 spiro atoms. The molecule has 1 aliphatic heterocycles. The normalized spacial score (nSPS) is 16.4. The minimum atomic E-state index is -1.61. The van der Waals surface area contributed by atoms with Crippen LogP contribution in [0, 0.1) is 35.8 Å². The molecule has 132 valence electrons. The van der Waals surface area contributed by atoms with Gasteiger partial charge in [-0.25, -0.2) is 13.2 Å². The molecule has 2 aromatic rings. The zero-order valence-electron chi connectivity index (χ0n) is 14.3. The minimum Gasteiger partial charge on any atom is -0.369 e. The minimum absolute atomic E-state index is 0.0760. The average Bonchev–Trinajstić information content (AvgIpc) is 2.80. The second-order valence-corrected chi connectivity index (χ2v) is 8.16. The van der Waals surface area contributed by atoms with E-state index >= 15 is 0 Å². The molecule has 0 bridgehead atoms. The van der Waals surface area contributed by atoms with Gasteiger partial charge in [0.15, 0.2) is 0 Å². The molecule has 0 amide bonds. The van der Waals surface area contributed by atoms with Gasteiger partial charge in [-0.1, -0.05) is 0 Å². The number of rotatable bonds is 4. The Morgan fingerprint density at radius 3 is 2.36 bits per heavy atom. The van der Waals surface area contributed by atoms with E-state index in [1.807, 2.05) is 17.2 Å². The lowest BCUT2D eigenvalue weighted by Gasteiger charge is -2.47. The Kier molecular flexibility index (Phi) is 4.54. The number of hydrogen-bond acceptors (Lipinski definition) is 3. The first kappa shape index (κ1) is 17.8. The fourth-order valence-electron chi connectivity index (χ4n) is 3.71. The van der Waals surface area contributed by atoms with Crippen LogP contribution in [0.2, 0.25) is 0 Å². The lowest BCUT2D eigenvalue weighted by molar-refractivity contribution is 0.117. The Morgan fingerprint density at radius 2 is 1.84 bits per heavy atom. The first-order valence-corrected chi connectivity index (χ1v) is 8.96. The molecule has 3 rings (SSSR count). The van der Waals surface area contributed by atoms with Gasteiger partial charge in [0.2, 0.25) is 0 Å². The molecule has 1 aliphatic rings. The molecule has 1 unspecified atom stereocenters. The van der Waals surface area contributed by atoms with Gasteiger partial charge in [0.25, 0.3) is 0 Å². The van der Waals surface area contributed by atoms with Gasteiger partial charge in [0.1, 0.15) is 23.4 Å². The third-order valence-electron chi connectivity index (χ3n) is 4.77. The Morgan fingerprint density at radius 1 is 1.24 bits per heavy atom. The van der Waals surface area contributed by atoms with E-state index in [2.05, 4.69) is 6.07 Å². The number of hydrogen-bond donors (Lipinski definition) is 0. The highest BCUT2D eigenvalue weighted by molar-refractivity contribution is 7.10. The van der Waals surface area contributed by atoms with E-state index in [1.54, 1.807) is 0 Å². The number of nitriles is 1. The van der Waals surface area contributed by atoms with E-state index < -0.39 is 23.2 Å². The number of thiophene rings is 1. The Labute approximate surface area is 149 Å². The van der Waals surface area contributed by atoms with E-state index in [1.165, 1.54) is 37.3 Å². The Balaban J connectivity index is 1.85. The molecular formula is C19H19F3N2S. The van der Waals surface area contributed by atoms with Gasteiger partial charge in [0.05, 0.1) is 11.3 Å². The Hall–Kier alpha value is -2.00. The third kappa shape index (κ3) is 3.38. The van der Waals surface area contributed by atoms with Crippen molar-refractivity contribution in [3.05, 3.63) is 51.2 Å². The molecule has 0 aliphatic carbocycles. The molecule has 1 aromatic carbocycles. The molecule has 25 heavy (non-hydrogen) atoms. The van der Waals surface area contributed by atoms with E-state index in [4.69, 9.17) is 0 Å². The van der Waals surface area contributed by atoms with Crippen molar-refractivity contribution in [2.24, 2.45) is 5.92 Å². The number of alkyl halides is 1. The van der Waals surface area contributed by atoms with Crippen molar-refractivity contribution in [1.82, 2.24) is 0 Å². The molecule has 0 saturated carbocycles. The molecule has 0 radical (unpaired) electrons. The number of nitrogens with zero attached hydrogens (tertiary/aromatic N) is 2. The van der Waals surface area contributed by atoms with Gasteiger partial charge in [-0.2, -0.15) is 5.26 Å². The van der Waals surface area contributed by atoms with Gasteiger partial charge < -0.3 is 4.90 Å². The van der Waals surface area contributed by atoms with Crippen LogP contribution in [0.25, 0.3) is 0 Å². The van der Waals surface area contributed by atoms with Gasteiger partial charge in [-0.3, -0.25) is 0 Å². The van der Waals surface area contributed by atoms with Crippen molar-refractivity contribution >= 4 is 17.0 Å². The van der Waals surface area contributed by atoms with E-state index in [9.17, 15) is 18.4 Å². The standard InChI is InChI=1S/C19H19F3N2S/c1-11-16(7-23)17(10-25-11)24-8-13(9-24)18(19(2,3)22)12-4-14(20)6-15(21)5-12/h4-6,10,13,18H,8-9H2,1-3H3. The van der Waals surface area contributed by atoms with E-state index in [0.717, 1.165) is 16.6 Å². The van der Waals surface area contributed by atoms with Gasteiger partial charge >= 0.3 is 0 Å². The summed E-state index contributed by atoms with van der Waals surface area (Å²) >= 11 is 1.51. The molecule has 1 aromatic heterocycles. The van der Waals surface area contributed by atoms with E-state index in [-0.39, 0.29) is 5.92 Å². The van der Waals surface area contributed by atoms with Crippen LogP contribution >= 0.6 is 11.3 Å². The number of aryl methyl sites for hydroxylation is 1. The van der Waals surface area contributed by atoms with E-state index in [0.29, 0.717) is 24.2 Å². The monoisotopic (exact) mass is 364 g/mol. The van der Waals surface area contributed by atoms with Crippen LogP contribution in [0.1, 0.15) is 35.8 Å². The summed E-state index contributed by atoms with van der Waals surface area (Å²) in [5.74, 6) is -2.08. The summed E-state index contributed by atoms with van der Waals surface area (Å²) in [6.07, 6.45) is 0. The molecule has 1 saturated heterocycles. The summed E-state index contributed by atoms with van der Waals surface area (Å²) in [6, 6.07) is 5.44. The van der Waals surface area contributed by atoms with Gasteiger partial charge in [0, 0.05) is 41.2 Å². The summed E-state index contributed by atoms with van der Waals surface area (Å²) in [7, 11) is 0. The molecular weight excluding hydrogens is 345 g/mol. The largest absolute Gasteiger partial charge is 0.369 e. The molecule has 6 heteroatoms. The molecule has 2 heterocycles. The number of anilines is 1. The summed E-state index contributed by atoms with van der Waals surface area (Å²) in [5, 5.41) is 11.2. The van der Waals surface area contributed by atoms with Crippen LogP contribution < -0.4 is 4.90 Å². The summed E-state index contributed by atoms with van der Waals surface area (Å²) < 4.78 is 42.0. The van der Waals surface area contributed by atoms with Crippen LogP contribution in [0.5, 0.6) is 0 Å². The van der Waals surface area contributed by atoms with Crippen molar-refractivity contribution in [1.29, 1.82) is 5.26 Å². The van der Waals surface area contributed by atoms with Crippen LogP contribution in [0.4, 0.5) is 18.9 Å². The number of benzene rings is 1. The van der Waals surface area contributed by atoms with Crippen molar-refractivity contribution in [3.8, 4) is 6.07 Å². The maximum absolute atomic E-state index is 14.8. The third-order valence-corrected chi connectivity index (χ3v) is 5.67. The predicted octanol–water partition coefficient (Wildman–Crippen LogP) is 5.17. The Bertz CT molecular complexity index is 806. The van der Waals surface area contributed by atoms with Gasteiger partial charge in [-0.05, 0) is 38.5 Å². The summed E-state index contributed by atoms with van der Waals surface area (Å²) in [5.41, 5.74) is 0.245. The first-order valence-electron chi connectivity index (χ1n) is 8.08. The zero-order valence-corrected chi connectivity index (χ0v) is 15.1. The fourth-order valence-corrected chi connectivity index (χ4v) is 4.54. The van der Waals surface area contributed by atoms with Crippen LogP contribution in [0.3, 0.4) is 0 Å². The van der Waals surface area contributed by atoms with Crippen LogP contribution in [-0.2, 0) is 0 Å². The smallest absolute Gasteiger partial charge is 0.126 e. The quantitative estimate of drug-likeness (QED) is 0.748. The topological polar surface area (TPSA) is 27.0 Å². The predicted molar refractivity (Wildman–Crippen MR) is 93.8 cm³/mol. The zero-order chi connectivity index (χ0) is 18.4. The first-order chi connectivity index (χ1) is 11.7. The van der Waals surface area contributed by atoms with Crippen molar-refractivity contribution in [2.45, 2.75) is 32.4 Å². The summed E-state index contributed by atoms with van der Waals surface area (Å²) in [4.78, 5) is 2.98. The summed E-state index contributed by atoms with van der Waals surface area (Å²) in [6.45, 7) is 5.90. The lowest BCUT2D eigenvalue weighted by atomic mass is 9.73. The molecule has 0 N–H and O–H groups in total.